The lowest BCUT2D eigenvalue weighted by molar-refractivity contribution is 0.0704. The van der Waals surface area contributed by atoms with Gasteiger partial charge in [0.25, 0.3) is 0 Å². The van der Waals surface area contributed by atoms with Gasteiger partial charge in [-0.2, -0.15) is 4.37 Å². The minimum atomic E-state index is -0.963. The number of benzene rings is 1. The van der Waals surface area contributed by atoms with Gasteiger partial charge >= 0.3 is 5.97 Å². The van der Waals surface area contributed by atoms with E-state index in [-0.39, 0.29) is 4.88 Å². The van der Waals surface area contributed by atoms with Crippen molar-refractivity contribution in [2.75, 3.05) is 0 Å². The fourth-order valence-electron chi connectivity index (χ4n) is 1.07. The highest BCUT2D eigenvalue weighted by Crippen LogP contribution is 2.25. The zero-order chi connectivity index (χ0) is 9.42. The Morgan fingerprint density at radius 1 is 1.54 bits per heavy atom. The molecule has 0 aliphatic rings. The van der Waals surface area contributed by atoms with Crippen molar-refractivity contribution in [3.63, 3.8) is 0 Å². The van der Waals surface area contributed by atoms with Crippen LogP contribution in [0.3, 0.4) is 0 Å². The molecule has 1 aromatic heterocycles. The van der Waals surface area contributed by atoms with Crippen LogP contribution in [0, 0.1) is 0 Å². The molecule has 1 heterocycles. The van der Waals surface area contributed by atoms with Gasteiger partial charge < -0.3 is 5.11 Å². The van der Waals surface area contributed by atoms with Gasteiger partial charge in [0, 0.05) is 10.4 Å². The van der Waals surface area contributed by atoms with Gasteiger partial charge in [-0.1, -0.05) is 11.6 Å². The number of hydrogen-bond donors (Lipinski definition) is 1. The molecule has 0 amide bonds. The summed E-state index contributed by atoms with van der Waals surface area (Å²) in [5.74, 6) is -0.963. The number of aromatic nitrogens is 1. The second kappa shape index (κ2) is 2.97. The normalized spacial score (nSPS) is 10.5. The summed E-state index contributed by atoms with van der Waals surface area (Å²) in [6.07, 6.45) is 0. The van der Waals surface area contributed by atoms with Crippen LogP contribution >= 0.6 is 23.1 Å². The van der Waals surface area contributed by atoms with E-state index >= 15 is 0 Å². The highest BCUT2D eigenvalue weighted by atomic mass is 35.5. The number of rotatable bonds is 1. The van der Waals surface area contributed by atoms with E-state index in [1.807, 2.05) is 0 Å². The first-order valence-electron chi connectivity index (χ1n) is 3.47. The standard InChI is InChI=1S/C8H4ClNO2S/c9-4-1-2-6-5(3-4)7(8(11)12)13-10-6/h1-3H,(H,11,12). The summed E-state index contributed by atoms with van der Waals surface area (Å²) >= 11 is 6.71. The summed E-state index contributed by atoms with van der Waals surface area (Å²) in [5, 5.41) is 9.92. The van der Waals surface area contributed by atoms with Crippen molar-refractivity contribution < 1.29 is 9.90 Å². The van der Waals surface area contributed by atoms with E-state index in [2.05, 4.69) is 4.37 Å². The lowest BCUT2D eigenvalue weighted by Gasteiger charge is -1.91. The third-order valence-corrected chi connectivity index (χ3v) is 2.73. The Morgan fingerprint density at radius 3 is 3.00 bits per heavy atom. The van der Waals surface area contributed by atoms with Gasteiger partial charge in [-0.05, 0) is 29.7 Å². The van der Waals surface area contributed by atoms with Crippen LogP contribution in [0.1, 0.15) is 9.67 Å². The molecule has 2 aromatic rings. The van der Waals surface area contributed by atoms with E-state index in [0.29, 0.717) is 15.9 Å². The Bertz CT molecular complexity index is 480. The van der Waals surface area contributed by atoms with Crippen LogP contribution in [0.5, 0.6) is 0 Å². The van der Waals surface area contributed by atoms with Gasteiger partial charge in [-0.25, -0.2) is 4.79 Å². The summed E-state index contributed by atoms with van der Waals surface area (Å²) in [5.41, 5.74) is 0.673. The number of carboxylic acids is 1. The first kappa shape index (κ1) is 8.47. The molecule has 0 saturated carbocycles. The molecule has 13 heavy (non-hydrogen) atoms. The number of carboxylic acid groups (broad SMARTS) is 1. The molecule has 5 heteroatoms. The number of nitrogens with zero attached hydrogens (tertiary/aromatic N) is 1. The predicted molar refractivity (Wildman–Crippen MR) is 51.6 cm³/mol. The van der Waals surface area contributed by atoms with Crippen molar-refractivity contribution >= 4 is 40.0 Å². The van der Waals surface area contributed by atoms with Gasteiger partial charge in [0.2, 0.25) is 0 Å². The minimum Gasteiger partial charge on any atom is -0.477 e. The van der Waals surface area contributed by atoms with E-state index in [0.717, 1.165) is 11.5 Å². The summed E-state index contributed by atoms with van der Waals surface area (Å²) < 4.78 is 3.98. The third-order valence-electron chi connectivity index (χ3n) is 1.63. The summed E-state index contributed by atoms with van der Waals surface area (Å²) in [4.78, 5) is 10.9. The summed E-state index contributed by atoms with van der Waals surface area (Å²) in [7, 11) is 0. The van der Waals surface area contributed by atoms with Crippen molar-refractivity contribution in [3.05, 3.63) is 28.1 Å². The molecular formula is C8H4ClNO2S. The molecular weight excluding hydrogens is 210 g/mol. The van der Waals surface area contributed by atoms with E-state index in [1.165, 1.54) is 0 Å². The van der Waals surface area contributed by atoms with Gasteiger partial charge in [-0.15, -0.1) is 0 Å². The maximum Gasteiger partial charge on any atom is 0.348 e. The van der Waals surface area contributed by atoms with E-state index < -0.39 is 5.97 Å². The Morgan fingerprint density at radius 2 is 2.31 bits per heavy atom. The second-order valence-electron chi connectivity index (χ2n) is 2.48. The fraction of sp³-hybridized carbons (Fsp3) is 0. The van der Waals surface area contributed by atoms with E-state index in [1.54, 1.807) is 18.2 Å². The monoisotopic (exact) mass is 213 g/mol. The van der Waals surface area contributed by atoms with Crippen LogP contribution in [0.25, 0.3) is 10.9 Å². The molecule has 0 atom stereocenters. The first-order valence-corrected chi connectivity index (χ1v) is 4.62. The molecule has 0 aliphatic carbocycles. The van der Waals surface area contributed by atoms with Crippen molar-refractivity contribution in [3.8, 4) is 0 Å². The van der Waals surface area contributed by atoms with Crippen LogP contribution in [0.4, 0.5) is 0 Å². The lowest BCUT2D eigenvalue weighted by Crippen LogP contribution is -1.91. The Kier molecular flexibility index (Phi) is 1.94. The molecule has 0 radical (unpaired) electrons. The average molecular weight is 214 g/mol. The molecule has 3 nitrogen and oxygen atoms in total. The maximum atomic E-state index is 10.7. The first-order chi connectivity index (χ1) is 6.18. The number of aromatic carboxylic acids is 1. The summed E-state index contributed by atoms with van der Waals surface area (Å²) in [6.45, 7) is 0. The van der Waals surface area contributed by atoms with Crippen LogP contribution in [-0.2, 0) is 0 Å². The zero-order valence-electron chi connectivity index (χ0n) is 6.32. The quantitative estimate of drug-likeness (QED) is 0.792. The molecule has 1 N–H and O–H groups in total. The Labute approximate surface area is 82.7 Å². The van der Waals surface area contributed by atoms with Crippen molar-refractivity contribution in [1.29, 1.82) is 0 Å². The lowest BCUT2D eigenvalue weighted by atomic mass is 10.2. The molecule has 2 rings (SSSR count). The second-order valence-corrected chi connectivity index (χ2v) is 3.69. The van der Waals surface area contributed by atoms with Crippen molar-refractivity contribution in [2.24, 2.45) is 0 Å². The van der Waals surface area contributed by atoms with Crippen LogP contribution < -0.4 is 0 Å². The highest BCUT2D eigenvalue weighted by molar-refractivity contribution is 7.09. The van der Waals surface area contributed by atoms with E-state index in [4.69, 9.17) is 16.7 Å². The zero-order valence-corrected chi connectivity index (χ0v) is 7.89. The topological polar surface area (TPSA) is 50.2 Å². The average Bonchev–Trinajstić information content (AvgIpc) is 2.46. The molecule has 0 aliphatic heterocycles. The smallest absolute Gasteiger partial charge is 0.348 e. The summed E-state index contributed by atoms with van der Waals surface area (Å²) in [6, 6.07) is 5.01. The van der Waals surface area contributed by atoms with Gasteiger partial charge in [0.05, 0.1) is 5.52 Å². The number of halogens is 1. The number of hydrogen-bond acceptors (Lipinski definition) is 3. The SMILES string of the molecule is O=C(O)c1snc2ccc(Cl)cc12. The molecule has 0 spiro atoms. The van der Waals surface area contributed by atoms with Crippen LogP contribution in [0.2, 0.25) is 5.02 Å². The Hall–Kier alpha value is -1.13. The van der Waals surface area contributed by atoms with Crippen LogP contribution in [0.15, 0.2) is 18.2 Å². The molecule has 66 valence electrons. The van der Waals surface area contributed by atoms with Gasteiger partial charge in [0.15, 0.2) is 0 Å². The Balaban J connectivity index is 2.79. The van der Waals surface area contributed by atoms with E-state index in [9.17, 15) is 4.79 Å². The molecule has 1 aromatic carbocycles. The number of fused-ring (bicyclic) bond motifs is 1. The molecule has 0 bridgehead atoms. The van der Waals surface area contributed by atoms with Crippen molar-refractivity contribution in [1.82, 2.24) is 4.37 Å². The minimum absolute atomic E-state index is 0.234. The van der Waals surface area contributed by atoms with Crippen LogP contribution in [-0.4, -0.2) is 15.4 Å². The largest absolute Gasteiger partial charge is 0.477 e. The molecule has 0 unspecified atom stereocenters. The third kappa shape index (κ3) is 1.38. The fourth-order valence-corrected chi connectivity index (χ4v) is 1.93. The predicted octanol–water partition coefficient (Wildman–Crippen LogP) is 2.65. The van der Waals surface area contributed by atoms with Gasteiger partial charge in [-0.3, -0.25) is 0 Å². The van der Waals surface area contributed by atoms with Gasteiger partial charge in [0.1, 0.15) is 4.88 Å². The maximum absolute atomic E-state index is 10.7. The number of carbonyl (C=O) groups is 1. The highest BCUT2D eigenvalue weighted by Gasteiger charge is 2.12. The van der Waals surface area contributed by atoms with Crippen molar-refractivity contribution in [2.45, 2.75) is 0 Å². The molecule has 0 saturated heterocycles. The molecule has 0 fully saturated rings.